The van der Waals surface area contributed by atoms with E-state index in [0.29, 0.717) is 12.0 Å². The van der Waals surface area contributed by atoms with Gasteiger partial charge >= 0.3 is 0 Å². The molecule has 4 rings (SSSR count). The van der Waals surface area contributed by atoms with Crippen LogP contribution in [0, 0.1) is 23.4 Å². The van der Waals surface area contributed by atoms with Crippen molar-refractivity contribution in [3.05, 3.63) is 83.1 Å². The van der Waals surface area contributed by atoms with Crippen LogP contribution in [0.5, 0.6) is 0 Å². The van der Waals surface area contributed by atoms with Crippen molar-refractivity contribution in [2.45, 2.75) is 50.3 Å². The molecule has 1 fully saturated rings. The number of carbonyl (C=O) groups is 2. The van der Waals surface area contributed by atoms with E-state index < -0.39 is 34.5 Å². The van der Waals surface area contributed by atoms with E-state index in [4.69, 9.17) is 5.73 Å². The zero-order valence-corrected chi connectivity index (χ0v) is 20.7. The van der Waals surface area contributed by atoms with Crippen LogP contribution < -0.4 is 5.73 Å². The van der Waals surface area contributed by atoms with Gasteiger partial charge < -0.3 is 5.73 Å². The first kappa shape index (κ1) is 26.0. The lowest BCUT2D eigenvalue weighted by Gasteiger charge is -2.38. The normalized spacial score (nSPS) is 21.8. The Balaban J connectivity index is 1.59. The Morgan fingerprint density at radius 3 is 2.44 bits per heavy atom. The molecule has 0 radical (unpaired) electrons. The van der Waals surface area contributed by atoms with Gasteiger partial charge in [0.2, 0.25) is 0 Å². The molecule has 1 aliphatic rings. The molecule has 0 amide bonds. The SMILES string of the molecule is CC(=O)S[C@@H]1[C@H](N)C[C@H](c2ccncc2CC(=O)c2ccc(F)c(-c3c(F)cccc3F)n2)C[C@@H]1C. The Morgan fingerprint density at radius 2 is 1.78 bits per heavy atom. The van der Waals surface area contributed by atoms with E-state index in [1.807, 2.05) is 6.07 Å². The summed E-state index contributed by atoms with van der Waals surface area (Å²) in [6.45, 7) is 3.61. The Morgan fingerprint density at radius 1 is 1.06 bits per heavy atom. The molecule has 1 saturated carbocycles. The van der Waals surface area contributed by atoms with Gasteiger partial charge in [-0.05, 0) is 66.1 Å². The largest absolute Gasteiger partial charge is 0.327 e. The quantitative estimate of drug-likeness (QED) is 0.440. The van der Waals surface area contributed by atoms with E-state index in [9.17, 15) is 22.8 Å². The smallest absolute Gasteiger partial charge is 0.186 e. The lowest BCUT2D eigenvalue weighted by Crippen LogP contribution is -2.43. The van der Waals surface area contributed by atoms with Crippen LogP contribution in [0.2, 0.25) is 0 Å². The number of hydrogen-bond acceptors (Lipinski definition) is 6. The van der Waals surface area contributed by atoms with Crippen LogP contribution in [0.15, 0.2) is 48.8 Å². The number of rotatable bonds is 6. The molecule has 2 aromatic heterocycles. The summed E-state index contributed by atoms with van der Waals surface area (Å²) in [5.74, 6) is -3.02. The van der Waals surface area contributed by atoms with Crippen LogP contribution in [0.25, 0.3) is 11.3 Å². The van der Waals surface area contributed by atoms with Gasteiger partial charge in [-0.15, -0.1) is 0 Å². The molecule has 2 N–H and O–H groups in total. The predicted molar refractivity (Wildman–Crippen MR) is 133 cm³/mol. The fraction of sp³-hybridized carbons (Fsp3) is 0.333. The number of hydrogen-bond donors (Lipinski definition) is 1. The highest BCUT2D eigenvalue weighted by atomic mass is 32.2. The maximum Gasteiger partial charge on any atom is 0.186 e. The van der Waals surface area contributed by atoms with Crippen LogP contribution in [0.4, 0.5) is 13.2 Å². The van der Waals surface area contributed by atoms with E-state index in [0.717, 1.165) is 30.2 Å². The van der Waals surface area contributed by atoms with Crippen molar-refractivity contribution in [3.8, 4) is 11.3 Å². The Hall–Kier alpha value is -3.04. The van der Waals surface area contributed by atoms with Crippen molar-refractivity contribution < 1.29 is 22.8 Å². The molecular weight excluding hydrogens is 487 g/mol. The lowest BCUT2D eigenvalue weighted by molar-refractivity contribution is -0.109. The van der Waals surface area contributed by atoms with Gasteiger partial charge in [-0.2, -0.15) is 0 Å². The number of carbonyl (C=O) groups excluding carboxylic acids is 2. The highest BCUT2D eigenvalue weighted by molar-refractivity contribution is 8.14. The first-order valence-corrected chi connectivity index (χ1v) is 12.5. The highest BCUT2D eigenvalue weighted by Crippen LogP contribution is 2.41. The van der Waals surface area contributed by atoms with Gasteiger partial charge in [0, 0.05) is 37.0 Å². The minimum atomic E-state index is -0.968. The fourth-order valence-electron chi connectivity index (χ4n) is 4.96. The van der Waals surface area contributed by atoms with Crippen molar-refractivity contribution in [2.75, 3.05) is 0 Å². The summed E-state index contributed by atoms with van der Waals surface area (Å²) in [4.78, 5) is 32.9. The second-order valence-corrected chi connectivity index (χ2v) is 10.5. The minimum absolute atomic E-state index is 0.0336. The van der Waals surface area contributed by atoms with Crippen LogP contribution in [0.1, 0.15) is 54.2 Å². The van der Waals surface area contributed by atoms with Gasteiger partial charge in [0.15, 0.2) is 10.9 Å². The molecule has 5 nitrogen and oxygen atoms in total. The third kappa shape index (κ3) is 5.52. The van der Waals surface area contributed by atoms with Crippen LogP contribution >= 0.6 is 11.8 Å². The zero-order chi connectivity index (χ0) is 26.0. The van der Waals surface area contributed by atoms with Crippen molar-refractivity contribution in [1.82, 2.24) is 9.97 Å². The van der Waals surface area contributed by atoms with Crippen molar-refractivity contribution >= 4 is 22.7 Å². The van der Waals surface area contributed by atoms with Gasteiger partial charge in [-0.3, -0.25) is 14.6 Å². The molecule has 1 aromatic carbocycles. The summed E-state index contributed by atoms with van der Waals surface area (Å²) in [6, 6.07) is 7.06. The van der Waals surface area contributed by atoms with Crippen molar-refractivity contribution in [2.24, 2.45) is 11.7 Å². The molecule has 0 bridgehead atoms. The van der Waals surface area contributed by atoms with E-state index >= 15 is 0 Å². The lowest BCUT2D eigenvalue weighted by atomic mass is 9.75. The average Bonchev–Trinajstić information content (AvgIpc) is 2.82. The topological polar surface area (TPSA) is 85.9 Å². The molecule has 0 aliphatic heterocycles. The van der Waals surface area contributed by atoms with Gasteiger partial charge in [0.25, 0.3) is 0 Å². The summed E-state index contributed by atoms with van der Waals surface area (Å²) in [6.07, 6.45) is 4.67. The van der Waals surface area contributed by atoms with Crippen LogP contribution in [-0.4, -0.2) is 32.2 Å². The van der Waals surface area contributed by atoms with Crippen molar-refractivity contribution in [1.29, 1.82) is 0 Å². The number of nitrogens with two attached hydrogens (primary N) is 1. The number of ketones is 1. The highest BCUT2D eigenvalue weighted by Gasteiger charge is 2.36. The molecule has 3 aromatic rings. The second-order valence-electron chi connectivity index (χ2n) is 9.18. The number of Topliss-reactive ketones (excluding diaryl/α,β-unsaturated/α-hetero) is 1. The Bertz CT molecular complexity index is 1270. The Kier molecular flexibility index (Phi) is 7.90. The number of halogens is 3. The number of thioether (sulfide) groups is 1. The molecule has 0 unspecified atom stereocenters. The third-order valence-electron chi connectivity index (χ3n) is 6.56. The predicted octanol–water partition coefficient (Wildman–Crippen LogP) is 5.48. The molecule has 4 atom stereocenters. The monoisotopic (exact) mass is 513 g/mol. The Labute approximate surface area is 211 Å². The maximum absolute atomic E-state index is 14.4. The first-order chi connectivity index (χ1) is 17.2. The van der Waals surface area contributed by atoms with Crippen LogP contribution in [0.3, 0.4) is 0 Å². The van der Waals surface area contributed by atoms with E-state index in [2.05, 4.69) is 16.9 Å². The molecule has 36 heavy (non-hydrogen) atoms. The first-order valence-electron chi connectivity index (χ1n) is 11.7. The van der Waals surface area contributed by atoms with Crippen LogP contribution in [-0.2, 0) is 11.2 Å². The average molecular weight is 514 g/mol. The molecular formula is C27H26F3N3O2S. The third-order valence-corrected chi connectivity index (χ3v) is 7.98. The van der Waals surface area contributed by atoms with Crippen molar-refractivity contribution in [3.63, 3.8) is 0 Å². The molecule has 0 spiro atoms. The summed E-state index contributed by atoms with van der Waals surface area (Å²) < 4.78 is 42.9. The number of nitrogens with zero attached hydrogens (tertiary/aromatic N) is 2. The standard InChI is InChI=1S/C27H26F3N3O2S/c1-14-10-16(11-22(31)27(14)36-15(2)34)18-8-9-32-13-17(18)12-24(35)23-7-6-21(30)26(33-23)25-19(28)4-3-5-20(25)29/h3-9,13-14,16,22,27H,10-12,31H2,1-2H3/t14-,16+,22+,27-/m0/s1. The minimum Gasteiger partial charge on any atom is -0.327 e. The summed E-state index contributed by atoms with van der Waals surface area (Å²) in [5, 5.41) is 0.0728. The van der Waals surface area contributed by atoms with E-state index in [1.165, 1.54) is 30.8 Å². The molecule has 0 saturated heterocycles. The summed E-state index contributed by atoms with van der Waals surface area (Å²) in [7, 11) is 0. The second kappa shape index (κ2) is 10.9. The number of aromatic nitrogens is 2. The van der Waals surface area contributed by atoms with Gasteiger partial charge in [0.05, 0.1) is 5.56 Å². The van der Waals surface area contributed by atoms with E-state index in [-0.39, 0.29) is 40.4 Å². The molecule has 188 valence electrons. The molecule has 2 heterocycles. The number of pyridine rings is 2. The fourth-order valence-corrected chi connectivity index (χ4v) is 5.97. The van der Waals surface area contributed by atoms with Gasteiger partial charge in [-0.25, -0.2) is 18.2 Å². The maximum atomic E-state index is 14.4. The zero-order valence-electron chi connectivity index (χ0n) is 19.9. The summed E-state index contributed by atoms with van der Waals surface area (Å²) in [5.41, 5.74) is 6.80. The molecule has 1 aliphatic carbocycles. The summed E-state index contributed by atoms with van der Waals surface area (Å²) >= 11 is 1.28. The number of benzene rings is 1. The molecule has 9 heteroatoms. The van der Waals surface area contributed by atoms with E-state index in [1.54, 1.807) is 12.4 Å². The van der Waals surface area contributed by atoms with Gasteiger partial charge in [0.1, 0.15) is 28.8 Å². The van der Waals surface area contributed by atoms with Gasteiger partial charge in [-0.1, -0.05) is 24.8 Å².